The predicted octanol–water partition coefficient (Wildman–Crippen LogP) is 7.55. The third kappa shape index (κ3) is 27.5. The monoisotopic (exact) mass is 394 g/mol. The van der Waals surface area contributed by atoms with Crippen LogP contribution in [0, 0.1) is 0 Å². The van der Waals surface area contributed by atoms with Gasteiger partial charge in [0.25, 0.3) is 0 Å². The molecule has 2 nitrogen and oxygen atoms in total. The molecule has 0 aliphatic carbocycles. The Bertz CT molecular complexity index is 186. The van der Waals surface area contributed by atoms with Gasteiger partial charge in [0.1, 0.15) is 0 Å². The fraction of sp³-hybridized carbons (Fsp3) is 1.00. The molecule has 0 aromatic heterocycles. The fourth-order valence-corrected chi connectivity index (χ4v) is 2.98. The van der Waals surface area contributed by atoms with Crippen molar-refractivity contribution < 1.29 is 0 Å². The highest BCUT2D eigenvalue weighted by Crippen LogP contribution is 2.13. The van der Waals surface area contributed by atoms with E-state index in [0.29, 0.717) is 0 Å². The molecule has 0 bridgehead atoms. The lowest BCUT2D eigenvalue weighted by molar-refractivity contribution is 0.389. The molecular weight excluding hydrogens is 348 g/mol. The van der Waals surface area contributed by atoms with E-state index in [0.717, 1.165) is 0 Å². The Hall–Kier alpha value is 0.400. The van der Waals surface area contributed by atoms with E-state index in [4.69, 9.17) is 0 Å². The van der Waals surface area contributed by atoms with Gasteiger partial charge in [0.05, 0.1) is 0 Å². The summed E-state index contributed by atoms with van der Waals surface area (Å²) in [6.45, 7) is 3.56. The molecule has 0 saturated carbocycles. The summed E-state index contributed by atoms with van der Waals surface area (Å²) in [6, 6.07) is 0. The van der Waals surface area contributed by atoms with E-state index in [1.54, 1.807) is 0 Å². The zero-order valence-corrected chi connectivity index (χ0v) is 18.3. The first-order valence-corrected chi connectivity index (χ1v) is 9.92. The van der Waals surface area contributed by atoms with Crippen LogP contribution in [0.3, 0.4) is 0 Å². The molecule has 0 rings (SSSR count). The Kier molecular flexibility index (Phi) is 30.2. The molecule has 3 heteroatoms. The lowest BCUT2D eigenvalue weighted by Gasteiger charge is -2.08. The molecule has 23 heavy (non-hydrogen) atoms. The molecule has 0 saturated heterocycles. The molecule has 0 aliphatic rings. The van der Waals surface area contributed by atoms with Gasteiger partial charge in [-0.15, -0.1) is 17.0 Å². The van der Waals surface area contributed by atoms with E-state index in [2.05, 4.69) is 25.9 Å². The topological polar surface area (TPSA) is 38.2 Å². The van der Waals surface area contributed by atoms with Gasteiger partial charge in [0.2, 0.25) is 0 Å². The molecule has 0 aromatic rings. The van der Waals surface area contributed by atoms with Crippen LogP contribution in [0.4, 0.5) is 0 Å². The van der Waals surface area contributed by atoms with Gasteiger partial charge in [0, 0.05) is 0 Å². The second-order valence-corrected chi connectivity index (χ2v) is 7.11. The third-order valence-corrected chi connectivity index (χ3v) is 4.46. The first-order valence-electron chi connectivity index (χ1n) is 9.92. The maximum Gasteiger partial charge on any atom is -0.00248 e. The number of hydrogen-bond donors (Lipinski definition) is 1. The zero-order valence-electron chi connectivity index (χ0n) is 16.6. The van der Waals surface area contributed by atoms with Crippen LogP contribution in [0.1, 0.15) is 110 Å². The maximum absolute atomic E-state index is 2.30. The van der Waals surface area contributed by atoms with Gasteiger partial charge in [-0.25, -0.2) is 0 Å². The van der Waals surface area contributed by atoms with Crippen LogP contribution < -0.4 is 6.15 Å². The van der Waals surface area contributed by atoms with Crippen LogP contribution in [-0.2, 0) is 0 Å². The second-order valence-electron chi connectivity index (χ2n) is 7.11. The summed E-state index contributed by atoms with van der Waals surface area (Å²) in [5, 5.41) is 0. The van der Waals surface area contributed by atoms with E-state index in [9.17, 15) is 0 Å². The van der Waals surface area contributed by atoms with Gasteiger partial charge in [-0.1, -0.05) is 103 Å². The van der Waals surface area contributed by atoms with Crippen molar-refractivity contribution in [3.8, 4) is 0 Å². The van der Waals surface area contributed by atoms with Gasteiger partial charge >= 0.3 is 0 Å². The Morgan fingerprint density at radius 1 is 0.478 bits per heavy atom. The number of unbranched alkanes of at least 4 members (excludes halogenated alkanes) is 15. The average molecular weight is 396 g/mol. The minimum Gasteiger partial charge on any atom is -0.344 e. The summed E-state index contributed by atoms with van der Waals surface area (Å²) in [7, 11) is 4.34. The quantitative estimate of drug-likeness (QED) is 0.258. The van der Waals surface area contributed by atoms with E-state index in [1.165, 1.54) is 109 Å². The SMILES string of the molecule is Br.CCCCCCCCCCCCCCCCCCN(C)C.N. The van der Waals surface area contributed by atoms with Crippen molar-refractivity contribution in [1.29, 1.82) is 0 Å². The molecule has 0 spiro atoms. The molecule has 0 aliphatic heterocycles. The minimum atomic E-state index is 0. The van der Waals surface area contributed by atoms with Crippen LogP contribution in [0.2, 0.25) is 0 Å². The highest BCUT2D eigenvalue weighted by atomic mass is 79.9. The molecule has 144 valence electrons. The molecule has 0 amide bonds. The second kappa shape index (κ2) is 24.6. The number of halogens is 1. The lowest BCUT2D eigenvalue weighted by atomic mass is 10.0. The van der Waals surface area contributed by atoms with E-state index in [1.807, 2.05) is 0 Å². The summed E-state index contributed by atoms with van der Waals surface area (Å²) in [5.41, 5.74) is 0. The first kappa shape index (κ1) is 28.2. The first-order chi connectivity index (χ1) is 10.3. The lowest BCUT2D eigenvalue weighted by Crippen LogP contribution is -2.12. The summed E-state index contributed by atoms with van der Waals surface area (Å²) < 4.78 is 0. The summed E-state index contributed by atoms with van der Waals surface area (Å²) in [6.07, 6.45) is 23.3. The highest BCUT2D eigenvalue weighted by molar-refractivity contribution is 8.93. The van der Waals surface area contributed by atoms with Crippen molar-refractivity contribution in [2.75, 3.05) is 20.6 Å². The van der Waals surface area contributed by atoms with E-state index < -0.39 is 0 Å². The summed E-state index contributed by atoms with van der Waals surface area (Å²) >= 11 is 0. The van der Waals surface area contributed by atoms with Gasteiger partial charge in [-0.3, -0.25) is 0 Å². The molecule has 0 unspecified atom stereocenters. The predicted molar refractivity (Wildman–Crippen MR) is 113 cm³/mol. The van der Waals surface area contributed by atoms with Crippen molar-refractivity contribution in [2.24, 2.45) is 0 Å². The average Bonchev–Trinajstić information content (AvgIpc) is 2.46. The van der Waals surface area contributed by atoms with Crippen molar-refractivity contribution in [2.45, 2.75) is 110 Å². The standard InChI is InChI=1S/C20H43N.BrH.H3N/c1-4-5-6-7-8-9-10-11-12-13-14-15-16-17-18-19-20-21(2)3;;/h4-20H2,1-3H3;1H;1H3. The van der Waals surface area contributed by atoms with Crippen LogP contribution in [0.5, 0.6) is 0 Å². The molecular formula is C20H47BrN2. The Labute approximate surface area is 158 Å². The van der Waals surface area contributed by atoms with Crippen molar-refractivity contribution in [1.82, 2.24) is 11.1 Å². The normalized spacial score (nSPS) is 10.4. The Balaban J connectivity index is -0.00000200. The van der Waals surface area contributed by atoms with Crippen LogP contribution >= 0.6 is 17.0 Å². The number of hydrogen-bond acceptors (Lipinski definition) is 2. The molecule has 0 atom stereocenters. The molecule has 0 fully saturated rings. The minimum absolute atomic E-state index is 0. The van der Waals surface area contributed by atoms with Crippen LogP contribution in [-0.4, -0.2) is 25.5 Å². The van der Waals surface area contributed by atoms with Crippen molar-refractivity contribution in [3.63, 3.8) is 0 Å². The maximum atomic E-state index is 2.30. The van der Waals surface area contributed by atoms with Gasteiger partial charge in [-0.05, 0) is 27.1 Å². The fourth-order valence-electron chi connectivity index (χ4n) is 2.98. The Morgan fingerprint density at radius 2 is 0.739 bits per heavy atom. The van der Waals surface area contributed by atoms with E-state index >= 15 is 0 Å². The van der Waals surface area contributed by atoms with Crippen molar-refractivity contribution >= 4 is 17.0 Å². The van der Waals surface area contributed by atoms with Crippen LogP contribution in [0.25, 0.3) is 0 Å². The number of rotatable bonds is 17. The van der Waals surface area contributed by atoms with E-state index in [-0.39, 0.29) is 23.1 Å². The van der Waals surface area contributed by atoms with Crippen LogP contribution in [0.15, 0.2) is 0 Å². The molecule has 0 radical (unpaired) electrons. The highest BCUT2D eigenvalue weighted by Gasteiger charge is 1.95. The zero-order chi connectivity index (χ0) is 15.6. The summed E-state index contributed by atoms with van der Waals surface area (Å²) in [5.74, 6) is 0. The molecule has 0 aromatic carbocycles. The Morgan fingerprint density at radius 3 is 1.00 bits per heavy atom. The smallest absolute Gasteiger partial charge is 0.00248 e. The molecule has 0 heterocycles. The third-order valence-electron chi connectivity index (χ3n) is 4.46. The summed E-state index contributed by atoms with van der Waals surface area (Å²) in [4.78, 5) is 2.30. The molecule has 3 N–H and O–H groups in total. The van der Waals surface area contributed by atoms with Gasteiger partial charge < -0.3 is 11.1 Å². The van der Waals surface area contributed by atoms with Gasteiger partial charge in [0.15, 0.2) is 0 Å². The van der Waals surface area contributed by atoms with Crippen molar-refractivity contribution in [3.05, 3.63) is 0 Å². The largest absolute Gasteiger partial charge is 0.344 e. The number of nitrogens with zero attached hydrogens (tertiary/aromatic N) is 1. The van der Waals surface area contributed by atoms with Gasteiger partial charge in [-0.2, -0.15) is 0 Å².